The molecule has 0 spiro atoms. The van der Waals surface area contributed by atoms with Crippen LogP contribution in [-0.2, 0) is 9.53 Å². The molecule has 6 heteroatoms. The van der Waals surface area contributed by atoms with E-state index in [-0.39, 0.29) is 24.5 Å². The van der Waals surface area contributed by atoms with Crippen LogP contribution >= 0.6 is 11.6 Å². The third-order valence-electron chi connectivity index (χ3n) is 4.60. The van der Waals surface area contributed by atoms with Crippen molar-refractivity contribution in [1.82, 2.24) is 5.32 Å². The summed E-state index contributed by atoms with van der Waals surface area (Å²) in [4.78, 5) is 26.2. The topological polar surface area (TPSA) is 58.6 Å². The lowest BCUT2D eigenvalue weighted by atomic mass is 10.0. The van der Waals surface area contributed by atoms with Gasteiger partial charge in [0.1, 0.15) is 6.61 Å². The summed E-state index contributed by atoms with van der Waals surface area (Å²) < 4.78 is 5.58. The second kappa shape index (κ2) is 8.55. The maximum absolute atomic E-state index is 12.3. The maximum Gasteiger partial charge on any atom is 0.253 e. The molecule has 27 heavy (non-hydrogen) atoms. The molecule has 1 fully saturated rings. The predicted molar refractivity (Wildman–Crippen MR) is 106 cm³/mol. The Hall–Kier alpha value is -2.37. The molecule has 0 aromatic heterocycles. The SMILES string of the molecule is CC(C)c1ccc(N2CC(CNC(=O)c3ccc(Cl)cc3)OCC2=O)cc1. The van der Waals surface area contributed by atoms with Crippen molar-refractivity contribution in [2.24, 2.45) is 0 Å². The van der Waals surface area contributed by atoms with Gasteiger partial charge in [0.25, 0.3) is 11.8 Å². The zero-order valence-electron chi connectivity index (χ0n) is 15.4. The molecule has 2 amide bonds. The van der Waals surface area contributed by atoms with Crippen LogP contribution in [0.3, 0.4) is 0 Å². The lowest BCUT2D eigenvalue weighted by Crippen LogP contribution is -2.50. The summed E-state index contributed by atoms with van der Waals surface area (Å²) in [6.07, 6.45) is -0.260. The largest absolute Gasteiger partial charge is 0.365 e. The first-order valence-electron chi connectivity index (χ1n) is 8.99. The molecular weight excluding hydrogens is 364 g/mol. The number of anilines is 1. The zero-order valence-corrected chi connectivity index (χ0v) is 16.2. The Balaban J connectivity index is 1.60. The molecular formula is C21H23ClN2O3. The number of carbonyl (C=O) groups is 2. The van der Waals surface area contributed by atoms with Crippen LogP contribution in [0.5, 0.6) is 0 Å². The summed E-state index contributed by atoms with van der Waals surface area (Å²) in [5, 5.41) is 3.44. The fourth-order valence-electron chi connectivity index (χ4n) is 2.95. The van der Waals surface area contributed by atoms with Crippen LogP contribution in [-0.4, -0.2) is 37.6 Å². The molecule has 2 aromatic rings. The van der Waals surface area contributed by atoms with E-state index in [0.717, 1.165) is 5.69 Å². The third-order valence-corrected chi connectivity index (χ3v) is 4.85. The van der Waals surface area contributed by atoms with E-state index in [9.17, 15) is 9.59 Å². The van der Waals surface area contributed by atoms with Crippen LogP contribution in [0.15, 0.2) is 48.5 Å². The second-order valence-corrected chi connectivity index (χ2v) is 7.34. The monoisotopic (exact) mass is 386 g/mol. The van der Waals surface area contributed by atoms with Gasteiger partial charge in [0, 0.05) is 22.8 Å². The first kappa shape index (κ1) is 19.4. The van der Waals surface area contributed by atoms with Crippen molar-refractivity contribution in [3.05, 3.63) is 64.7 Å². The van der Waals surface area contributed by atoms with Gasteiger partial charge in [-0.2, -0.15) is 0 Å². The van der Waals surface area contributed by atoms with Gasteiger partial charge in [-0.1, -0.05) is 37.6 Å². The number of hydrogen-bond acceptors (Lipinski definition) is 3. The van der Waals surface area contributed by atoms with Gasteiger partial charge in [-0.15, -0.1) is 0 Å². The minimum Gasteiger partial charge on any atom is -0.365 e. The van der Waals surface area contributed by atoms with E-state index < -0.39 is 0 Å². The lowest BCUT2D eigenvalue weighted by molar-refractivity contribution is -0.129. The van der Waals surface area contributed by atoms with E-state index in [1.165, 1.54) is 5.56 Å². The summed E-state index contributed by atoms with van der Waals surface area (Å²) in [6, 6.07) is 14.7. The van der Waals surface area contributed by atoms with Gasteiger partial charge in [-0.05, 0) is 47.9 Å². The van der Waals surface area contributed by atoms with Crippen molar-refractivity contribution >= 4 is 29.1 Å². The fraction of sp³-hybridized carbons (Fsp3) is 0.333. The van der Waals surface area contributed by atoms with Crippen LogP contribution in [0, 0.1) is 0 Å². The Bertz CT molecular complexity index is 803. The van der Waals surface area contributed by atoms with E-state index in [2.05, 4.69) is 19.2 Å². The number of amides is 2. The Morgan fingerprint density at radius 1 is 1.19 bits per heavy atom. The van der Waals surface area contributed by atoms with Gasteiger partial charge in [-0.25, -0.2) is 0 Å². The molecule has 0 saturated carbocycles. The van der Waals surface area contributed by atoms with E-state index in [4.69, 9.17) is 16.3 Å². The van der Waals surface area contributed by atoms with Crippen LogP contribution in [0.25, 0.3) is 0 Å². The van der Waals surface area contributed by atoms with E-state index in [1.54, 1.807) is 29.2 Å². The second-order valence-electron chi connectivity index (χ2n) is 6.90. The van der Waals surface area contributed by atoms with Crippen molar-refractivity contribution in [1.29, 1.82) is 0 Å². The molecule has 1 aliphatic rings. The molecule has 0 bridgehead atoms. The molecule has 3 rings (SSSR count). The van der Waals surface area contributed by atoms with Crippen LogP contribution in [0.4, 0.5) is 5.69 Å². The average molecular weight is 387 g/mol. The highest BCUT2D eigenvalue weighted by Crippen LogP contribution is 2.22. The van der Waals surface area contributed by atoms with Gasteiger partial charge in [0.15, 0.2) is 0 Å². The molecule has 1 unspecified atom stereocenters. The van der Waals surface area contributed by atoms with Crippen LogP contribution < -0.4 is 10.2 Å². The van der Waals surface area contributed by atoms with Crippen molar-refractivity contribution in [3.8, 4) is 0 Å². The summed E-state index contributed by atoms with van der Waals surface area (Å²) in [7, 11) is 0. The third kappa shape index (κ3) is 4.87. The summed E-state index contributed by atoms with van der Waals surface area (Å²) in [6.45, 7) is 5.01. The summed E-state index contributed by atoms with van der Waals surface area (Å²) in [5.74, 6) is 0.169. The molecule has 1 aliphatic heterocycles. The average Bonchev–Trinajstić information content (AvgIpc) is 2.67. The molecule has 0 aliphatic carbocycles. The number of ether oxygens (including phenoxy) is 1. The van der Waals surface area contributed by atoms with E-state index in [1.807, 2.05) is 24.3 Å². The summed E-state index contributed by atoms with van der Waals surface area (Å²) >= 11 is 5.84. The molecule has 5 nitrogen and oxygen atoms in total. The minimum atomic E-state index is -0.260. The van der Waals surface area contributed by atoms with Crippen molar-refractivity contribution in [2.45, 2.75) is 25.9 Å². The number of hydrogen-bond donors (Lipinski definition) is 1. The number of rotatable bonds is 5. The molecule has 2 aromatic carbocycles. The molecule has 1 atom stereocenters. The highest BCUT2D eigenvalue weighted by molar-refractivity contribution is 6.30. The Morgan fingerprint density at radius 2 is 1.85 bits per heavy atom. The number of morpholine rings is 1. The number of benzene rings is 2. The maximum atomic E-state index is 12.3. The van der Waals surface area contributed by atoms with E-state index >= 15 is 0 Å². The Kier molecular flexibility index (Phi) is 6.14. The first-order valence-corrected chi connectivity index (χ1v) is 9.37. The lowest BCUT2D eigenvalue weighted by Gasteiger charge is -2.33. The fourth-order valence-corrected chi connectivity index (χ4v) is 3.07. The first-order chi connectivity index (χ1) is 12.9. The number of nitrogens with one attached hydrogen (secondary N) is 1. The van der Waals surface area contributed by atoms with Gasteiger partial charge < -0.3 is 15.0 Å². The normalized spacial score (nSPS) is 17.3. The highest BCUT2D eigenvalue weighted by Gasteiger charge is 2.27. The van der Waals surface area contributed by atoms with Crippen LogP contribution in [0.1, 0.15) is 35.7 Å². The van der Waals surface area contributed by atoms with Crippen molar-refractivity contribution in [2.75, 3.05) is 24.6 Å². The minimum absolute atomic E-state index is 0.00736. The molecule has 1 saturated heterocycles. The quantitative estimate of drug-likeness (QED) is 0.853. The van der Waals surface area contributed by atoms with Crippen molar-refractivity contribution in [3.63, 3.8) is 0 Å². The number of halogens is 1. The van der Waals surface area contributed by atoms with Crippen LogP contribution in [0.2, 0.25) is 5.02 Å². The van der Waals surface area contributed by atoms with Gasteiger partial charge in [0.05, 0.1) is 12.6 Å². The van der Waals surface area contributed by atoms with Gasteiger partial charge in [-0.3, -0.25) is 9.59 Å². The van der Waals surface area contributed by atoms with E-state index in [0.29, 0.717) is 29.6 Å². The Labute approximate surface area is 164 Å². The predicted octanol–water partition coefficient (Wildman–Crippen LogP) is 3.63. The van der Waals surface area contributed by atoms with Gasteiger partial charge >= 0.3 is 0 Å². The molecule has 1 heterocycles. The molecule has 1 N–H and O–H groups in total. The standard InChI is InChI=1S/C21H23ClN2O3/c1-14(2)15-5-9-18(10-6-15)24-12-19(27-13-20(24)25)11-23-21(26)16-3-7-17(22)8-4-16/h3-10,14,19H,11-13H2,1-2H3,(H,23,26). The zero-order chi connectivity index (χ0) is 19.4. The van der Waals surface area contributed by atoms with Gasteiger partial charge in [0.2, 0.25) is 0 Å². The highest BCUT2D eigenvalue weighted by atomic mass is 35.5. The Morgan fingerprint density at radius 3 is 2.48 bits per heavy atom. The van der Waals surface area contributed by atoms with Crippen molar-refractivity contribution < 1.29 is 14.3 Å². The number of carbonyl (C=O) groups excluding carboxylic acids is 2. The number of nitrogens with zero attached hydrogens (tertiary/aromatic N) is 1. The summed E-state index contributed by atoms with van der Waals surface area (Å²) in [5.41, 5.74) is 2.61. The molecule has 0 radical (unpaired) electrons. The molecule has 142 valence electrons. The smallest absolute Gasteiger partial charge is 0.253 e.